The van der Waals surface area contributed by atoms with Crippen LogP contribution in [0.25, 0.3) is 0 Å². The van der Waals surface area contributed by atoms with E-state index in [4.69, 9.17) is 16.3 Å². The molecule has 108 valence electrons. The van der Waals surface area contributed by atoms with E-state index in [1.807, 2.05) is 0 Å². The molecule has 1 fully saturated rings. The van der Waals surface area contributed by atoms with Gasteiger partial charge in [0.05, 0.1) is 12.0 Å². The van der Waals surface area contributed by atoms with E-state index in [1.54, 1.807) is 24.3 Å². The predicted octanol–water partition coefficient (Wildman–Crippen LogP) is 1.21. The lowest BCUT2D eigenvalue weighted by Gasteiger charge is -2.22. The zero-order valence-electron chi connectivity index (χ0n) is 10.8. The Kier molecular flexibility index (Phi) is 4.98. The van der Waals surface area contributed by atoms with Gasteiger partial charge in [0.25, 0.3) is 0 Å². The average molecular weight is 297 g/mol. The molecule has 0 bridgehead atoms. The number of hydrogen-bond acceptors (Lipinski definition) is 4. The number of carboxylic acid groups (broad SMARTS) is 1. The highest BCUT2D eigenvalue weighted by atomic mass is 35.5. The first kappa shape index (κ1) is 14.8. The van der Waals surface area contributed by atoms with Gasteiger partial charge >= 0.3 is 0 Å². The molecule has 1 heterocycles. The van der Waals surface area contributed by atoms with Gasteiger partial charge in [0.1, 0.15) is 0 Å². The Hall–Kier alpha value is -1.59. The number of carbonyl (C=O) groups excluding carboxylic acids is 2. The lowest BCUT2D eigenvalue weighted by atomic mass is 9.95. The van der Waals surface area contributed by atoms with Crippen LogP contribution in [0.1, 0.15) is 19.3 Å². The van der Waals surface area contributed by atoms with E-state index in [9.17, 15) is 14.7 Å². The standard InChI is InChI=1S/C14H16ClNO4/c15-9-3-5-10(6-4-9)16-14(19)11(8-13(17)18)12-2-1-7-20-12/h3-6,11-12H,1-2,7-8H2,(H,16,19)(H,17,18)/p-1/t11-,12+/m1/s1. The Labute approximate surface area is 121 Å². The molecule has 0 aromatic heterocycles. The summed E-state index contributed by atoms with van der Waals surface area (Å²) in [6.07, 6.45) is 0.818. The Morgan fingerprint density at radius 1 is 1.40 bits per heavy atom. The SMILES string of the molecule is O=C([O-])C[C@@H](C(=O)Nc1ccc(Cl)cc1)[C@@H]1CCCO1. The van der Waals surface area contributed by atoms with Gasteiger partial charge in [0.2, 0.25) is 5.91 Å². The van der Waals surface area contributed by atoms with E-state index in [-0.39, 0.29) is 18.4 Å². The van der Waals surface area contributed by atoms with Crippen LogP contribution in [0.2, 0.25) is 5.02 Å². The summed E-state index contributed by atoms with van der Waals surface area (Å²) in [6.45, 7) is 0.558. The van der Waals surface area contributed by atoms with Crippen molar-refractivity contribution < 1.29 is 19.4 Å². The van der Waals surface area contributed by atoms with Crippen molar-refractivity contribution in [1.82, 2.24) is 0 Å². The second-order valence-electron chi connectivity index (χ2n) is 4.73. The largest absolute Gasteiger partial charge is 0.550 e. The number of carbonyl (C=O) groups is 2. The Morgan fingerprint density at radius 2 is 2.10 bits per heavy atom. The van der Waals surface area contributed by atoms with Crippen molar-refractivity contribution in [3.8, 4) is 0 Å². The van der Waals surface area contributed by atoms with E-state index in [0.717, 1.165) is 6.42 Å². The number of nitrogens with one attached hydrogen (secondary N) is 1. The first-order valence-electron chi connectivity index (χ1n) is 6.44. The van der Waals surface area contributed by atoms with Crippen molar-refractivity contribution in [1.29, 1.82) is 0 Å². The summed E-state index contributed by atoms with van der Waals surface area (Å²) in [7, 11) is 0. The van der Waals surface area contributed by atoms with Gasteiger partial charge in [0.15, 0.2) is 0 Å². The summed E-state index contributed by atoms with van der Waals surface area (Å²) < 4.78 is 5.42. The minimum atomic E-state index is -1.25. The number of ether oxygens (including phenoxy) is 1. The molecule has 6 heteroatoms. The predicted molar refractivity (Wildman–Crippen MR) is 72.2 cm³/mol. The molecular formula is C14H15ClNO4-. The summed E-state index contributed by atoms with van der Waals surface area (Å²) in [5, 5.41) is 14.0. The molecule has 1 N–H and O–H groups in total. The van der Waals surface area contributed by atoms with Gasteiger partial charge in [-0.2, -0.15) is 0 Å². The highest BCUT2D eigenvalue weighted by Gasteiger charge is 2.31. The summed E-state index contributed by atoms with van der Waals surface area (Å²) in [5.74, 6) is -2.36. The van der Waals surface area contributed by atoms with Crippen LogP contribution in [-0.4, -0.2) is 24.6 Å². The number of anilines is 1. The van der Waals surface area contributed by atoms with Gasteiger partial charge < -0.3 is 20.0 Å². The average Bonchev–Trinajstić information content (AvgIpc) is 2.92. The minimum Gasteiger partial charge on any atom is -0.550 e. The maximum Gasteiger partial charge on any atom is 0.230 e. The molecule has 1 aliphatic heterocycles. The quantitative estimate of drug-likeness (QED) is 0.886. The number of rotatable bonds is 5. The molecule has 1 aromatic carbocycles. The molecule has 2 rings (SSSR count). The number of benzene rings is 1. The third-order valence-electron chi connectivity index (χ3n) is 3.25. The number of halogens is 1. The van der Waals surface area contributed by atoms with Crippen molar-refractivity contribution >= 4 is 29.2 Å². The number of amides is 1. The van der Waals surface area contributed by atoms with Crippen LogP contribution in [0.3, 0.4) is 0 Å². The monoisotopic (exact) mass is 296 g/mol. The highest BCUT2D eigenvalue weighted by molar-refractivity contribution is 6.30. The van der Waals surface area contributed by atoms with Gasteiger partial charge in [0, 0.05) is 29.7 Å². The molecule has 0 saturated carbocycles. The van der Waals surface area contributed by atoms with Gasteiger partial charge in [-0.15, -0.1) is 0 Å². The third-order valence-corrected chi connectivity index (χ3v) is 3.50. The number of carboxylic acids is 1. The number of hydrogen-bond donors (Lipinski definition) is 1. The van der Waals surface area contributed by atoms with Crippen LogP contribution in [-0.2, 0) is 14.3 Å². The Morgan fingerprint density at radius 3 is 2.65 bits per heavy atom. The summed E-state index contributed by atoms with van der Waals surface area (Å²) in [5.41, 5.74) is 0.570. The molecule has 1 aliphatic rings. The molecule has 0 radical (unpaired) electrons. The first-order valence-corrected chi connectivity index (χ1v) is 6.82. The van der Waals surface area contributed by atoms with Crippen LogP contribution < -0.4 is 10.4 Å². The van der Waals surface area contributed by atoms with Gasteiger partial charge in [-0.3, -0.25) is 4.79 Å². The second kappa shape index (κ2) is 6.72. The maximum atomic E-state index is 12.2. The molecule has 1 aromatic rings. The summed E-state index contributed by atoms with van der Waals surface area (Å²) in [4.78, 5) is 23.0. The fourth-order valence-electron chi connectivity index (χ4n) is 2.26. The smallest absolute Gasteiger partial charge is 0.230 e. The zero-order valence-corrected chi connectivity index (χ0v) is 11.6. The van der Waals surface area contributed by atoms with Crippen LogP contribution in [0, 0.1) is 5.92 Å². The Bertz CT molecular complexity index is 482. The second-order valence-corrected chi connectivity index (χ2v) is 5.17. The first-order chi connectivity index (χ1) is 9.56. The minimum absolute atomic E-state index is 0.343. The normalized spacial score (nSPS) is 19.6. The fourth-order valence-corrected chi connectivity index (χ4v) is 2.39. The highest BCUT2D eigenvalue weighted by Crippen LogP contribution is 2.24. The molecule has 0 spiro atoms. The maximum absolute atomic E-state index is 12.2. The van der Waals surface area contributed by atoms with Crippen molar-refractivity contribution in [2.75, 3.05) is 11.9 Å². The van der Waals surface area contributed by atoms with Crippen molar-refractivity contribution in [3.63, 3.8) is 0 Å². The van der Waals surface area contributed by atoms with E-state index < -0.39 is 11.9 Å². The molecular weight excluding hydrogens is 282 g/mol. The topological polar surface area (TPSA) is 78.5 Å². The zero-order chi connectivity index (χ0) is 14.5. The number of aliphatic carboxylic acids is 1. The van der Waals surface area contributed by atoms with Gasteiger partial charge in [-0.05, 0) is 37.1 Å². The van der Waals surface area contributed by atoms with Crippen LogP contribution >= 0.6 is 11.6 Å². The van der Waals surface area contributed by atoms with Crippen LogP contribution in [0.5, 0.6) is 0 Å². The fraction of sp³-hybridized carbons (Fsp3) is 0.429. The molecule has 1 amide bonds. The van der Waals surface area contributed by atoms with E-state index in [0.29, 0.717) is 23.7 Å². The molecule has 1 saturated heterocycles. The Balaban J connectivity index is 2.05. The van der Waals surface area contributed by atoms with E-state index in [1.165, 1.54) is 0 Å². The molecule has 5 nitrogen and oxygen atoms in total. The summed E-state index contributed by atoms with van der Waals surface area (Å²) in [6, 6.07) is 6.62. The molecule has 2 atom stereocenters. The lowest BCUT2D eigenvalue weighted by Crippen LogP contribution is -2.38. The lowest BCUT2D eigenvalue weighted by molar-refractivity contribution is -0.307. The van der Waals surface area contributed by atoms with Crippen molar-refractivity contribution in [2.45, 2.75) is 25.4 Å². The van der Waals surface area contributed by atoms with E-state index >= 15 is 0 Å². The molecule has 0 aliphatic carbocycles. The molecule has 0 unspecified atom stereocenters. The third kappa shape index (κ3) is 3.95. The van der Waals surface area contributed by atoms with Crippen molar-refractivity contribution in [3.05, 3.63) is 29.3 Å². The van der Waals surface area contributed by atoms with Crippen LogP contribution in [0.15, 0.2) is 24.3 Å². The summed E-state index contributed by atoms with van der Waals surface area (Å²) >= 11 is 5.76. The molecule has 20 heavy (non-hydrogen) atoms. The van der Waals surface area contributed by atoms with E-state index in [2.05, 4.69) is 5.32 Å². The van der Waals surface area contributed by atoms with Gasteiger partial charge in [-0.1, -0.05) is 11.6 Å². The van der Waals surface area contributed by atoms with Crippen LogP contribution in [0.4, 0.5) is 5.69 Å². The van der Waals surface area contributed by atoms with Gasteiger partial charge in [-0.25, -0.2) is 0 Å². The van der Waals surface area contributed by atoms with Crippen molar-refractivity contribution in [2.24, 2.45) is 5.92 Å².